The predicted molar refractivity (Wildman–Crippen MR) is 72.6 cm³/mol. The zero-order valence-corrected chi connectivity index (χ0v) is 11.6. The van der Waals surface area contributed by atoms with Crippen LogP contribution in [0.5, 0.6) is 0 Å². The molecule has 1 aliphatic heterocycles. The molecule has 2 rings (SSSR count). The van der Waals surface area contributed by atoms with E-state index in [0.717, 1.165) is 10.1 Å². The van der Waals surface area contributed by atoms with Gasteiger partial charge in [-0.2, -0.15) is 16.7 Å². The Morgan fingerprint density at radius 3 is 2.37 bits per heavy atom. The van der Waals surface area contributed by atoms with Crippen molar-refractivity contribution in [3.05, 3.63) is 46.8 Å². The van der Waals surface area contributed by atoms with Gasteiger partial charge in [-0.25, -0.2) is 0 Å². The number of terminal acetylenes is 1. The number of hydrogen-bond donors (Lipinski definition) is 0. The minimum absolute atomic E-state index is 0.118. The molecule has 4 heteroatoms. The number of hydroxylamine groups is 4. The van der Waals surface area contributed by atoms with E-state index in [1.165, 1.54) is 0 Å². The Balaban J connectivity index is 2.49. The molecule has 1 aromatic rings. The van der Waals surface area contributed by atoms with E-state index in [9.17, 15) is 10.4 Å². The van der Waals surface area contributed by atoms with Crippen LogP contribution in [0.25, 0.3) is 0 Å². The average Bonchev–Trinajstić information content (AvgIpc) is 2.49. The van der Waals surface area contributed by atoms with Crippen LogP contribution >= 0.6 is 0 Å². The highest BCUT2D eigenvalue weighted by Gasteiger charge is 2.51. The SMILES string of the molecule is C#Cc1cccc([C-]2N([O])C(C)(C)C(C)(C)N2[O-])c1. The normalized spacial score (nSPS) is 22.5. The van der Waals surface area contributed by atoms with Crippen LogP contribution in [0.3, 0.4) is 0 Å². The van der Waals surface area contributed by atoms with Crippen molar-refractivity contribution in [2.24, 2.45) is 0 Å². The molecule has 0 N–H and O–H groups in total. The Bertz CT molecular complexity index is 511. The molecule has 0 saturated carbocycles. The summed E-state index contributed by atoms with van der Waals surface area (Å²) in [5.74, 6) is 2.51. The zero-order chi connectivity index (χ0) is 14.4. The van der Waals surface area contributed by atoms with Crippen molar-refractivity contribution >= 4 is 0 Å². The van der Waals surface area contributed by atoms with Gasteiger partial charge < -0.3 is 10.3 Å². The third-order valence-corrected chi connectivity index (χ3v) is 4.18. The number of hydrogen-bond acceptors (Lipinski definition) is 3. The van der Waals surface area contributed by atoms with Gasteiger partial charge in [-0.15, -0.1) is 23.8 Å². The minimum Gasteiger partial charge on any atom is -0.791 e. The molecule has 0 amide bonds. The molecule has 1 radical (unpaired) electrons. The number of benzene rings is 1. The lowest BCUT2D eigenvalue weighted by molar-refractivity contribution is -0.195. The molecule has 0 atom stereocenters. The fraction of sp³-hybridized carbons (Fsp3) is 0.400. The summed E-state index contributed by atoms with van der Waals surface area (Å²) >= 11 is 0. The summed E-state index contributed by atoms with van der Waals surface area (Å²) in [6.07, 6.45) is 5.47. The smallest absolute Gasteiger partial charge is 0.0537 e. The topological polar surface area (TPSA) is 49.4 Å². The number of rotatable bonds is 1. The Morgan fingerprint density at radius 2 is 1.89 bits per heavy atom. The summed E-state index contributed by atoms with van der Waals surface area (Å²) in [6.45, 7) is 7.07. The van der Waals surface area contributed by atoms with Crippen molar-refractivity contribution < 1.29 is 5.21 Å². The van der Waals surface area contributed by atoms with Crippen LogP contribution in [0.1, 0.15) is 38.8 Å². The van der Waals surface area contributed by atoms with E-state index in [1.807, 2.05) is 0 Å². The molecule has 1 aromatic carbocycles. The maximum atomic E-state index is 12.4. The van der Waals surface area contributed by atoms with Crippen LogP contribution in [0, 0.1) is 23.7 Å². The van der Waals surface area contributed by atoms with Crippen LogP contribution in [0.15, 0.2) is 24.3 Å². The van der Waals surface area contributed by atoms with Gasteiger partial charge in [-0.05, 0) is 39.4 Å². The molecule has 0 aromatic heterocycles. The first kappa shape index (κ1) is 13.9. The molecule has 4 nitrogen and oxygen atoms in total. The Labute approximate surface area is 114 Å². The molecular weight excluding hydrogens is 240 g/mol. The van der Waals surface area contributed by atoms with E-state index in [4.69, 9.17) is 6.42 Å². The lowest BCUT2D eigenvalue weighted by atomic mass is 9.84. The van der Waals surface area contributed by atoms with Gasteiger partial charge in [0.2, 0.25) is 0 Å². The lowest BCUT2D eigenvalue weighted by Gasteiger charge is -2.47. The molecule has 1 saturated heterocycles. The molecule has 0 bridgehead atoms. The standard InChI is InChI=1S/C15H17N2O2/c1-6-11-8-7-9-12(10-11)13-16(18)14(2,3)15(4,5)17(13)19/h1,7-10H,2-5H3/q-2. The third-order valence-electron chi connectivity index (χ3n) is 4.18. The zero-order valence-electron chi connectivity index (χ0n) is 11.6. The second-order valence-corrected chi connectivity index (χ2v) is 5.76. The lowest BCUT2D eigenvalue weighted by Crippen LogP contribution is -2.51. The largest absolute Gasteiger partial charge is 0.791 e. The quantitative estimate of drug-likeness (QED) is 0.573. The maximum absolute atomic E-state index is 12.4. The Kier molecular flexibility index (Phi) is 3.12. The second-order valence-electron chi connectivity index (χ2n) is 5.76. The van der Waals surface area contributed by atoms with Crippen molar-refractivity contribution in [2.45, 2.75) is 38.8 Å². The van der Waals surface area contributed by atoms with Gasteiger partial charge in [0.25, 0.3) is 0 Å². The van der Waals surface area contributed by atoms with Gasteiger partial charge in [0.1, 0.15) is 0 Å². The summed E-state index contributed by atoms with van der Waals surface area (Å²) in [4.78, 5) is 0. The van der Waals surface area contributed by atoms with Gasteiger partial charge in [-0.1, -0.05) is 12.0 Å². The van der Waals surface area contributed by atoms with Crippen LogP contribution in [0.2, 0.25) is 0 Å². The molecule has 1 heterocycles. The summed E-state index contributed by atoms with van der Waals surface area (Å²) in [5.41, 5.74) is -0.416. The van der Waals surface area contributed by atoms with Crippen molar-refractivity contribution in [3.63, 3.8) is 0 Å². The van der Waals surface area contributed by atoms with E-state index in [-0.39, 0.29) is 6.17 Å². The highest BCUT2D eigenvalue weighted by atomic mass is 16.6. The molecular formula is C15H17N2O2-2. The maximum Gasteiger partial charge on any atom is 0.0537 e. The Morgan fingerprint density at radius 1 is 1.26 bits per heavy atom. The van der Waals surface area contributed by atoms with Crippen molar-refractivity contribution in [3.8, 4) is 12.3 Å². The fourth-order valence-corrected chi connectivity index (χ4v) is 2.09. The highest BCUT2D eigenvalue weighted by Crippen LogP contribution is 2.47. The molecule has 101 valence electrons. The summed E-state index contributed by atoms with van der Waals surface area (Å²) < 4.78 is 0. The first-order valence-electron chi connectivity index (χ1n) is 6.12. The number of nitrogens with zero attached hydrogens (tertiary/aromatic N) is 2. The van der Waals surface area contributed by atoms with Crippen molar-refractivity contribution in [1.82, 2.24) is 10.1 Å². The van der Waals surface area contributed by atoms with E-state index in [2.05, 4.69) is 5.92 Å². The molecule has 0 aliphatic carbocycles. The second kappa shape index (κ2) is 4.26. The minimum atomic E-state index is -0.809. The fourth-order valence-electron chi connectivity index (χ4n) is 2.09. The summed E-state index contributed by atoms with van der Waals surface area (Å²) in [7, 11) is 0. The summed E-state index contributed by atoms with van der Waals surface area (Å²) in [5, 5.41) is 26.5. The van der Waals surface area contributed by atoms with E-state index in [1.54, 1.807) is 52.0 Å². The first-order chi connectivity index (χ1) is 8.73. The van der Waals surface area contributed by atoms with E-state index < -0.39 is 11.1 Å². The molecule has 0 spiro atoms. The Hall–Kier alpha value is -1.51. The van der Waals surface area contributed by atoms with Crippen LogP contribution in [0.4, 0.5) is 0 Å². The van der Waals surface area contributed by atoms with E-state index >= 15 is 0 Å². The van der Waals surface area contributed by atoms with E-state index in [0.29, 0.717) is 11.1 Å². The van der Waals surface area contributed by atoms with Crippen LogP contribution in [-0.4, -0.2) is 21.2 Å². The van der Waals surface area contributed by atoms with Crippen LogP contribution in [-0.2, 0) is 5.21 Å². The third kappa shape index (κ3) is 1.83. The average molecular weight is 257 g/mol. The first-order valence-corrected chi connectivity index (χ1v) is 6.12. The molecule has 1 aliphatic rings. The van der Waals surface area contributed by atoms with Crippen molar-refractivity contribution in [2.75, 3.05) is 0 Å². The van der Waals surface area contributed by atoms with Gasteiger partial charge in [0.05, 0.1) is 5.54 Å². The molecule has 0 unspecified atom stereocenters. The monoisotopic (exact) mass is 257 g/mol. The van der Waals surface area contributed by atoms with Gasteiger partial charge >= 0.3 is 0 Å². The molecule has 1 fully saturated rings. The van der Waals surface area contributed by atoms with Gasteiger partial charge in [0.15, 0.2) is 0 Å². The van der Waals surface area contributed by atoms with Gasteiger partial charge in [-0.3, -0.25) is 0 Å². The van der Waals surface area contributed by atoms with Crippen molar-refractivity contribution in [1.29, 1.82) is 0 Å². The highest BCUT2D eigenvalue weighted by molar-refractivity contribution is 5.42. The van der Waals surface area contributed by atoms with Crippen LogP contribution < -0.4 is 0 Å². The van der Waals surface area contributed by atoms with Gasteiger partial charge in [0, 0.05) is 5.54 Å². The molecule has 19 heavy (non-hydrogen) atoms. The summed E-state index contributed by atoms with van der Waals surface area (Å²) in [6, 6.07) is 6.92. The predicted octanol–water partition coefficient (Wildman–Crippen LogP) is 2.52.